The Morgan fingerprint density at radius 2 is 1.71 bits per heavy atom. The van der Waals surface area contributed by atoms with Gasteiger partial charge in [-0.3, -0.25) is 0 Å². The van der Waals surface area contributed by atoms with E-state index in [4.69, 9.17) is 4.42 Å². The Morgan fingerprint density at radius 3 is 2.67 bits per heavy atom. The third-order valence-electron chi connectivity index (χ3n) is 4.17. The number of fused-ring (bicyclic) bond motifs is 2. The Bertz CT molecular complexity index is 1170. The maximum atomic E-state index is 5.73. The average molecular weight is 311 g/mol. The van der Waals surface area contributed by atoms with Crippen molar-refractivity contribution in [2.75, 3.05) is 0 Å². The van der Waals surface area contributed by atoms with Gasteiger partial charge in [-0.1, -0.05) is 36.4 Å². The maximum Gasteiger partial charge on any atom is 0.196 e. The van der Waals surface area contributed by atoms with Gasteiger partial charge in [-0.15, -0.1) is 0 Å². The average Bonchev–Trinajstić information content (AvgIpc) is 3.28. The smallest absolute Gasteiger partial charge is 0.196 e. The standard InChI is InChI=1S/C20H13N3O/c1-3-7-17-15(6-1)12-21-20(22-17)19-11-16(13-24-19)23-10-9-14-5-2-4-8-18(14)23/h1-13H. The van der Waals surface area contributed by atoms with Crippen molar-refractivity contribution < 1.29 is 4.42 Å². The molecule has 5 rings (SSSR count). The zero-order valence-corrected chi connectivity index (χ0v) is 12.8. The second-order valence-corrected chi connectivity index (χ2v) is 5.67. The number of hydrogen-bond donors (Lipinski definition) is 0. The van der Waals surface area contributed by atoms with Gasteiger partial charge in [0, 0.05) is 23.8 Å². The molecule has 0 aliphatic rings. The van der Waals surface area contributed by atoms with Crippen LogP contribution in [-0.2, 0) is 0 Å². The molecule has 0 saturated heterocycles. The topological polar surface area (TPSA) is 43.9 Å². The first-order valence-corrected chi connectivity index (χ1v) is 7.76. The minimum atomic E-state index is 0.594. The van der Waals surface area contributed by atoms with Crippen molar-refractivity contribution >= 4 is 21.8 Å². The maximum absolute atomic E-state index is 5.73. The van der Waals surface area contributed by atoms with E-state index in [1.54, 1.807) is 6.26 Å². The molecule has 0 N–H and O–H groups in total. The van der Waals surface area contributed by atoms with E-state index in [-0.39, 0.29) is 0 Å². The van der Waals surface area contributed by atoms with E-state index in [0.29, 0.717) is 11.6 Å². The molecule has 0 bridgehead atoms. The summed E-state index contributed by atoms with van der Waals surface area (Å²) in [5.74, 6) is 1.25. The van der Waals surface area contributed by atoms with Crippen molar-refractivity contribution in [2.24, 2.45) is 0 Å². The van der Waals surface area contributed by atoms with Crippen LogP contribution in [0.25, 0.3) is 39.1 Å². The van der Waals surface area contributed by atoms with Gasteiger partial charge in [-0.2, -0.15) is 0 Å². The van der Waals surface area contributed by atoms with E-state index < -0.39 is 0 Å². The molecular formula is C20H13N3O. The van der Waals surface area contributed by atoms with Gasteiger partial charge >= 0.3 is 0 Å². The van der Waals surface area contributed by atoms with E-state index in [0.717, 1.165) is 22.1 Å². The molecule has 0 aliphatic carbocycles. The largest absolute Gasteiger partial charge is 0.459 e. The normalized spacial score (nSPS) is 11.3. The van der Waals surface area contributed by atoms with Crippen LogP contribution >= 0.6 is 0 Å². The van der Waals surface area contributed by atoms with E-state index in [9.17, 15) is 0 Å². The number of furan rings is 1. The van der Waals surface area contributed by atoms with Gasteiger partial charge in [0.15, 0.2) is 11.6 Å². The number of benzene rings is 2. The highest BCUT2D eigenvalue weighted by Crippen LogP contribution is 2.26. The summed E-state index contributed by atoms with van der Waals surface area (Å²) in [4.78, 5) is 9.01. The minimum Gasteiger partial charge on any atom is -0.459 e. The summed E-state index contributed by atoms with van der Waals surface area (Å²) in [5.41, 5.74) is 3.01. The Balaban J connectivity index is 1.61. The van der Waals surface area contributed by atoms with Crippen molar-refractivity contribution in [1.82, 2.24) is 14.5 Å². The summed E-state index contributed by atoms with van der Waals surface area (Å²) in [7, 11) is 0. The van der Waals surface area contributed by atoms with Crippen LogP contribution in [0.4, 0.5) is 0 Å². The van der Waals surface area contributed by atoms with Crippen LogP contribution in [0.2, 0.25) is 0 Å². The van der Waals surface area contributed by atoms with Crippen molar-refractivity contribution in [3.05, 3.63) is 79.3 Å². The summed E-state index contributed by atoms with van der Waals surface area (Å²) in [6, 6.07) is 20.2. The van der Waals surface area contributed by atoms with Crippen LogP contribution in [0.5, 0.6) is 0 Å². The summed E-state index contributed by atoms with van der Waals surface area (Å²) < 4.78 is 7.83. The Kier molecular flexibility index (Phi) is 2.76. The molecule has 3 aromatic heterocycles. The van der Waals surface area contributed by atoms with Crippen molar-refractivity contribution in [3.8, 4) is 17.3 Å². The number of hydrogen-bond acceptors (Lipinski definition) is 3. The van der Waals surface area contributed by atoms with Gasteiger partial charge in [-0.05, 0) is 23.6 Å². The Hall–Kier alpha value is -3.40. The summed E-state index contributed by atoms with van der Waals surface area (Å²) in [6.07, 6.45) is 5.60. The molecular weight excluding hydrogens is 298 g/mol. The molecule has 0 unspecified atom stereocenters. The van der Waals surface area contributed by atoms with Gasteiger partial charge < -0.3 is 8.98 Å². The third kappa shape index (κ3) is 2.01. The lowest BCUT2D eigenvalue weighted by Gasteiger charge is -2.00. The second kappa shape index (κ2) is 5.06. The molecule has 4 nitrogen and oxygen atoms in total. The monoisotopic (exact) mass is 311 g/mol. The van der Waals surface area contributed by atoms with Gasteiger partial charge in [0.2, 0.25) is 0 Å². The van der Waals surface area contributed by atoms with Gasteiger partial charge in [0.1, 0.15) is 6.26 Å². The second-order valence-electron chi connectivity index (χ2n) is 5.67. The zero-order valence-electron chi connectivity index (χ0n) is 12.8. The molecule has 0 spiro atoms. The molecule has 0 amide bonds. The van der Waals surface area contributed by atoms with Crippen LogP contribution in [-0.4, -0.2) is 14.5 Å². The Labute approximate surface area is 138 Å². The molecule has 3 heterocycles. The van der Waals surface area contributed by atoms with Crippen LogP contribution in [0, 0.1) is 0 Å². The number of aromatic nitrogens is 3. The lowest BCUT2D eigenvalue weighted by Crippen LogP contribution is -1.89. The van der Waals surface area contributed by atoms with E-state index in [1.807, 2.05) is 54.9 Å². The van der Waals surface area contributed by atoms with Crippen LogP contribution in [0.1, 0.15) is 0 Å². The SMILES string of the molecule is c1ccc2nc(-c3cc(-n4ccc5ccccc54)co3)ncc2c1. The first-order valence-electron chi connectivity index (χ1n) is 7.76. The molecule has 24 heavy (non-hydrogen) atoms. The Morgan fingerprint density at radius 1 is 0.875 bits per heavy atom. The van der Waals surface area contributed by atoms with E-state index in [2.05, 4.69) is 32.7 Å². The lowest BCUT2D eigenvalue weighted by atomic mass is 10.2. The predicted molar refractivity (Wildman–Crippen MR) is 94.1 cm³/mol. The summed E-state index contributed by atoms with van der Waals surface area (Å²) in [5, 5.41) is 2.21. The summed E-state index contributed by atoms with van der Waals surface area (Å²) >= 11 is 0. The highest BCUT2D eigenvalue weighted by atomic mass is 16.3. The van der Waals surface area contributed by atoms with Crippen molar-refractivity contribution in [3.63, 3.8) is 0 Å². The molecule has 5 aromatic rings. The molecule has 114 valence electrons. The number of nitrogens with zero attached hydrogens (tertiary/aromatic N) is 3. The van der Waals surface area contributed by atoms with Crippen molar-refractivity contribution in [1.29, 1.82) is 0 Å². The highest BCUT2D eigenvalue weighted by Gasteiger charge is 2.11. The number of para-hydroxylation sites is 2. The number of rotatable bonds is 2. The molecule has 0 atom stereocenters. The first-order chi connectivity index (χ1) is 11.9. The highest BCUT2D eigenvalue weighted by molar-refractivity contribution is 5.82. The minimum absolute atomic E-state index is 0.594. The molecule has 0 saturated carbocycles. The zero-order chi connectivity index (χ0) is 15.9. The van der Waals surface area contributed by atoms with Crippen LogP contribution in [0.15, 0.2) is 83.7 Å². The molecule has 0 aliphatic heterocycles. The van der Waals surface area contributed by atoms with Crippen molar-refractivity contribution in [2.45, 2.75) is 0 Å². The lowest BCUT2D eigenvalue weighted by molar-refractivity contribution is 0.576. The van der Waals surface area contributed by atoms with Crippen LogP contribution < -0.4 is 0 Å². The van der Waals surface area contributed by atoms with Crippen LogP contribution in [0.3, 0.4) is 0 Å². The third-order valence-corrected chi connectivity index (χ3v) is 4.17. The van der Waals surface area contributed by atoms with Gasteiger partial charge in [0.25, 0.3) is 0 Å². The summed E-state index contributed by atoms with van der Waals surface area (Å²) in [6.45, 7) is 0. The van der Waals surface area contributed by atoms with Gasteiger partial charge in [0.05, 0.1) is 16.7 Å². The molecule has 0 radical (unpaired) electrons. The predicted octanol–water partition coefficient (Wildman–Crippen LogP) is 4.83. The molecule has 4 heteroatoms. The first kappa shape index (κ1) is 13.1. The molecule has 0 fully saturated rings. The quantitative estimate of drug-likeness (QED) is 0.469. The van der Waals surface area contributed by atoms with Gasteiger partial charge in [-0.25, -0.2) is 9.97 Å². The fraction of sp³-hybridized carbons (Fsp3) is 0. The van der Waals surface area contributed by atoms with E-state index >= 15 is 0 Å². The fourth-order valence-corrected chi connectivity index (χ4v) is 2.97. The fourth-order valence-electron chi connectivity index (χ4n) is 2.97. The van der Waals surface area contributed by atoms with E-state index in [1.165, 1.54) is 5.39 Å². The molecule has 2 aromatic carbocycles.